The normalized spacial score (nSPS) is 9.18. The van der Waals surface area contributed by atoms with Crippen molar-refractivity contribution in [1.29, 1.82) is 0 Å². The number of hydrogen-bond donors (Lipinski definition) is 1. The molecule has 0 atom stereocenters. The summed E-state index contributed by atoms with van der Waals surface area (Å²) in [6.07, 6.45) is 3.42. The Morgan fingerprint density at radius 3 is 1.59 bits per heavy atom. The number of rotatable bonds is 4. The molecule has 1 N–H and O–H groups in total. The first kappa shape index (κ1) is 16.6. The van der Waals surface area contributed by atoms with Gasteiger partial charge in [0.25, 0.3) is 0 Å². The van der Waals surface area contributed by atoms with Crippen LogP contribution >= 0.6 is 31.9 Å². The van der Waals surface area contributed by atoms with Gasteiger partial charge in [-0.25, -0.2) is 0 Å². The predicted molar refractivity (Wildman–Crippen MR) is 80.2 cm³/mol. The minimum Gasteiger partial charge on any atom is -0.400 e. The van der Waals surface area contributed by atoms with Crippen molar-refractivity contribution in [3.63, 3.8) is 0 Å². The summed E-state index contributed by atoms with van der Waals surface area (Å²) in [7, 11) is 1.00. The molecule has 0 aliphatic heterocycles. The third kappa shape index (κ3) is 4.76. The number of benzene rings is 1. The van der Waals surface area contributed by atoms with Crippen LogP contribution in [-0.4, -0.2) is 25.4 Å². The number of fused-ring (bicyclic) bond motifs is 1. The summed E-state index contributed by atoms with van der Waals surface area (Å²) >= 11 is 6.81. The van der Waals surface area contributed by atoms with Crippen molar-refractivity contribution >= 4 is 31.9 Å². The largest absolute Gasteiger partial charge is 0.400 e. The summed E-state index contributed by atoms with van der Waals surface area (Å²) in [6.45, 7) is 8.18. The standard InChI is InChI=1S/C6H2Br2.C6H10O.CH4O/c7-5-3-1-2-4(3)6(5)8;1-3-5-7-6-4-2;1-2/h1-2H;3-4H,1-2,5-6H2;2H,1H3. The van der Waals surface area contributed by atoms with Crippen LogP contribution in [0.4, 0.5) is 0 Å². The maximum absolute atomic E-state index is 7.00. The summed E-state index contributed by atoms with van der Waals surface area (Å²) < 4.78 is 7.33. The van der Waals surface area contributed by atoms with E-state index in [1.165, 1.54) is 20.1 Å². The zero-order chi connectivity index (χ0) is 13.3. The van der Waals surface area contributed by atoms with E-state index in [4.69, 9.17) is 9.84 Å². The van der Waals surface area contributed by atoms with Crippen LogP contribution in [0, 0.1) is 0 Å². The first-order valence-electron chi connectivity index (χ1n) is 4.95. The van der Waals surface area contributed by atoms with Crippen LogP contribution < -0.4 is 0 Å². The average molecular weight is 364 g/mol. The molecule has 0 aromatic carbocycles. The summed E-state index contributed by atoms with van der Waals surface area (Å²) in [5.74, 6) is 0. The Bertz CT molecular complexity index is 341. The van der Waals surface area contributed by atoms with Crippen LogP contribution in [0.5, 0.6) is 0 Å². The molecule has 0 spiro atoms. The molecule has 0 aromatic rings. The predicted octanol–water partition coefficient (Wildman–Crippen LogP) is 4.18. The Balaban J connectivity index is 0.000000267. The zero-order valence-corrected chi connectivity index (χ0v) is 12.9. The van der Waals surface area contributed by atoms with Crippen LogP contribution in [0.1, 0.15) is 0 Å². The van der Waals surface area contributed by atoms with Gasteiger partial charge in [-0.05, 0) is 43.0 Å². The lowest BCUT2D eigenvalue weighted by atomic mass is 9.94. The molecule has 0 radical (unpaired) electrons. The van der Waals surface area contributed by atoms with Crippen molar-refractivity contribution in [2.75, 3.05) is 20.3 Å². The van der Waals surface area contributed by atoms with Crippen LogP contribution in [0.25, 0.3) is 11.1 Å². The van der Waals surface area contributed by atoms with E-state index in [-0.39, 0.29) is 0 Å². The molecule has 0 aromatic heterocycles. The second-order valence-corrected chi connectivity index (χ2v) is 4.49. The fourth-order valence-corrected chi connectivity index (χ4v) is 2.16. The van der Waals surface area contributed by atoms with E-state index in [0.29, 0.717) is 13.2 Å². The van der Waals surface area contributed by atoms with Gasteiger partial charge in [0.1, 0.15) is 0 Å². The molecule has 0 saturated heterocycles. The number of halogens is 2. The molecular weight excluding hydrogens is 348 g/mol. The molecule has 0 amide bonds. The molecule has 2 nitrogen and oxygen atoms in total. The lowest BCUT2D eigenvalue weighted by Crippen LogP contribution is -1.94. The lowest BCUT2D eigenvalue weighted by Gasteiger charge is -2.20. The molecule has 0 heterocycles. The Morgan fingerprint density at radius 2 is 1.41 bits per heavy atom. The van der Waals surface area contributed by atoms with Gasteiger partial charge in [0, 0.05) is 16.1 Å². The van der Waals surface area contributed by atoms with Crippen LogP contribution in [0.15, 0.2) is 46.4 Å². The average Bonchev–Trinajstić information content (AvgIpc) is 2.32. The summed E-state index contributed by atoms with van der Waals surface area (Å²) in [6, 6.07) is 4.20. The maximum Gasteiger partial charge on any atom is 0.0649 e. The molecule has 2 aliphatic carbocycles. The quantitative estimate of drug-likeness (QED) is 0.652. The summed E-state index contributed by atoms with van der Waals surface area (Å²) in [5, 5.41) is 7.00. The SMILES string of the molecule is Brc1c2ccc-2c1Br.C=CCOCC=C.CO. The van der Waals surface area contributed by atoms with E-state index in [2.05, 4.69) is 57.2 Å². The highest BCUT2D eigenvalue weighted by molar-refractivity contribution is 9.13. The Kier molecular flexibility index (Phi) is 9.36. The van der Waals surface area contributed by atoms with Crippen LogP contribution in [0.2, 0.25) is 0 Å². The molecule has 2 rings (SSSR count). The van der Waals surface area contributed by atoms with Crippen molar-refractivity contribution in [1.82, 2.24) is 0 Å². The third-order valence-electron chi connectivity index (χ3n) is 1.84. The maximum atomic E-state index is 7.00. The minimum absolute atomic E-state index is 0.617. The fourth-order valence-electron chi connectivity index (χ4n) is 1.04. The first-order chi connectivity index (χ1) is 8.22. The van der Waals surface area contributed by atoms with Gasteiger partial charge >= 0.3 is 0 Å². The Morgan fingerprint density at radius 1 is 1.06 bits per heavy atom. The highest BCUT2D eigenvalue weighted by atomic mass is 79.9. The third-order valence-corrected chi connectivity index (χ3v) is 4.02. The van der Waals surface area contributed by atoms with Gasteiger partial charge in [0.05, 0.1) is 13.2 Å². The van der Waals surface area contributed by atoms with Crippen LogP contribution in [0.3, 0.4) is 0 Å². The van der Waals surface area contributed by atoms with Gasteiger partial charge in [0.2, 0.25) is 0 Å². The molecule has 0 bridgehead atoms. The van der Waals surface area contributed by atoms with Crippen LogP contribution in [-0.2, 0) is 4.74 Å². The molecule has 4 heteroatoms. The van der Waals surface area contributed by atoms with Gasteiger partial charge in [-0.2, -0.15) is 0 Å². The van der Waals surface area contributed by atoms with E-state index in [1.807, 2.05) is 0 Å². The van der Waals surface area contributed by atoms with Gasteiger partial charge in [0.15, 0.2) is 0 Å². The molecule has 2 aliphatic rings. The second-order valence-electron chi connectivity index (χ2n) is 2.90. The van der Waals surface area contributed by atoms with E-state index in [0.717, 1.165) is 7.11 Å². The van der Waals surface area contributed by atoms with E-state index in [9.17, 15) is 0 Å². The van der Waals surface area contributed by atoms with E-state index >= 15 is 0 Å². The van der Waals surface area contributed by atoms with Gasteiger partial charge < -0.3 is 9.84 Å². The number of aliphatic hydroxyl groups is 1. The van der Waals surface area contributed by atoms with Crippen molar-refractivity contribution in [3.05, 3.63) is 46.4 Å². The highest BCUT2D eigenvalue weighted by Crippen LogP contribution is 2.49. The van der Waals surface area contributed by atoms with E-state index in [1.54, 1.807) is 12.2 Å². The van der Waals surface area contributed by atoms with Crippen molar-refractivity contribution in [3.8, 4) is 11.1 Å². The summed E-state index contributed by atoms with van der Waals surface area (Å²) in [5.41, 5.74) is 2.72. The first-order valence-corrected chi connectivity index (χ1v) is 6.53. The Labute approximate surface area is 119 Å². The summed E-state index contributed by atoms with van der Waals surface area (Å²) in [4.78, 5) is 0. The smallest absolute Gasteiger partial charge is 0.0649 e. The molecule has 0 fully saturated rings. The minimum atomic E-state index is 0.617. The number of ether oxygens (including phenoxy) is 1. The van der Waals surface area contributed by atoms with Gasteiger partial charge in [-0.1, -0.05) is 24.3 Å². The van der Waals surface area contributed by atoms with Crippen molar-refractivity contribution in [2.45, 2.75) is 0 Å². The lowest BCUT2D eigenvalue weighted by molar-refractivity contribution is 0.194. The highest BCUT2D eigenvalue weighted by Gasteiger charge is 2.21. The zero-order valence-electron chi connectivity index (χ0n) is 9.75. The number of aliphatic hydroxyl groups excluding tert-OH is 1. The fraction of sp³-hybridized carbons (Fsp3) is 0.231. The molecular formula is C13H16Br2O2. The number of hydrogen-bond acceptors (Lipinski definition) is 2. The molecule has 94 valence electrons. The molecule has 17 heavy (non-hydrogen) atoms. The molecule has 0 saturated carbocycles. The topological polar surface area (TPSA) is 29.5 Å². The van der Waals surface area contributed by atoms with Crippen molar-refractivity contribution < 1.29 is 9.84 Å². The molecule has 0 unspecified atom stereocenters. The van der Waals surface area contributed by atoms with Gasteiger partial charge in [-0.3, -0.25) is 0 Å². The van der Waals surface area contributed by atoms with E-state index < -0.39 is 0 Å². The Hall–Kier alpha value is -0.420. The monoisotopic (exact) mass is 362 g/mol. The second kappa shape index (κ2) is 9.59. The van der Waals surface area contributed by atoms with Gasteiger partial charge in [-0.15, -0.1) is 13.2 Å². The van der Waals surface area contributed by atoms with Crippen molar-refractivity contribution in [2.24, 2.45) is 0 Å².